The first kappa shape index (κ1) is 14.2. The van der Waals surface area contributed by atoms with Gasteiger partial charge in [0, 0.05) is 16.6 Å². The highest BCUT2D eigenvalue weighted by Crippen LogP contribution is 2.16. The lowest BCUT2D eigenvalue weighted by molar-refractivity contribution is 0.0950. The number of carbonyl (C=O) groups excluding carboxylic acids is 1. The molecular formula is C15H10BrFN2O. The van der Waals surface area contributed by atoms with Crippen molar-refractivity contribution in [2.75, 3.05) is 0 Å². The zero-order valence-electron chi connectivity index (χ0n) is 10.4. The van der Waals surface area contributed by atoms with Crippen LogP contribution in [0.1, 0.15) is 21.5 Å². The van der Waals surface area contributed by atoms with Gasteiger partial charge in [0.15, 0.2) is 0 Å². The highest BCUT2D eigenvalue weighted by Gasteiger charge is 2.10. The number of carbonyl (C=O) groups is 1. The Morgan fingerprint density at radius 3 is 2.70 bits per heavy atom. The van der Waals surface area contributed by atoms with Gasteiger partial charge < -0.3 is 5.32 Å². The van der Waals surface area contributed by atoms with E-state index < -0.39 is 5.82 Å². The maximum absolute atomic E-state index is 13.7. The van der Waals surface area contributed by atoms with Crippen LogP contribution in [0.4, 0.5) is 4.39 Å². The van der Waals surface area contributed by atoms with Crippen molar-refractivity contribution in [2.45, 2.75) is 6.54 Å². The first-order valence-corrected chi connectivity index (χ1v) is 6.62. The molecule has 0 spiro atoms. The van der Waals surface area contributed by atoms with Crippen molar-refractivity contribution in [1.82, 2.24) is 5.32 Å². The van der Waals surface area contributed by atoms with Gasteiger partial charge in [-0.2, -0.15) is 5.26 Å². The van der Waals surface area contributed by atoms with Gasteiger partial charge in [-0.3, -0.25) is 4.79 Å². The van der Waals surface area contributed by atoms with Crippen molar-refractivity contribution >= 4 is 21.8 Å². The van der Waals surface area contributed by atoms with E-state index in [0.29, 0.717) is 15.6 Å². The number of rotatable bonds is 3. The lowest BCUT2D eigenvalue weighted by Crippen LogP contribution is -2.23. The molecule has 0 saturated heterocycles. The fourth-order valence-corrected chi connectivity index (χ4v) is 2.14. The van der Waals surface area contributed by atoms with Gasteiger partial charge in [-0.25, -0.2) is 4.39 Å². The summed E-state index contributed by atoms with van der Waals surface area (Å²) in [6.45, 7) is 0.0672. The van der Waals surface area contributed by atoms with Crippen LogP contribution in [0.15, 0.2) is 46.9 Å². The highest BCUT2D eigenvalue weighted by molar-refractivity contribution is 9.10. The minimum Gasteiger partial charge on any atom is -0.348 e. The number of nitrogens with one attached hydrogen (secondary N) is 1. The summed E-state index contributed by atoms with van der Waals surface area (Å²) >= 11 is 3.29. The van der Waals surface area contributed by atoms with E-state index in [-0.39, 0.29) is 18.0 Å². The summed E-state index contributed by atoms with van der Waals surface area (Å²) in [5.74, 6) is -0.794. The van der Waals surface area contributed by atoms with Crippen LogP contribution in [0.25, 0.3) is 0 Å². The Hall–Kier alpha value is -2.19. The van der Waals surface area contributed by atoms with Gasteiger partial charge in [-0.15, -0.1) is 0 Å². The summed E-state index contributed by atoms with van der Waals surface area (Å²) in [4.78, 5) is 12.0. The Morgan fingerprint density at radius 2 is 2.05 bits per heavy atom. The third-order valence-electron chi connectivity index (χ3n) is 2.74. The number of nitrogens with zero attached hydrogens (tertiary/aromatic N) is 1. The number of hydrogen-bond acceptors (Lipinski definition) is 2. The molecule has 0 aliphatic rings. The monoisotopic (exact) mass is 332 g/mol. The quantitative estimate of drug-likeness (QED) is 0.936. The maximum Gasteiger partial charge on any atom is 0.252 e. The molecule has 100 valence electrons. The predicted octanol–water partition coefficient (Wildman–Crippen LogP) is 3.39. The topological polar surface area (TPSA) is 52.9 Å². The summed E-state index contributed by atoms with van der Waals surface area (Å²) in [7, 11) is 0. The Kier molecular flexibility index (Phi) is 4.49. The summed E-state index contributed by atoms with van der Waals surface area (Å²) in [5.41, 5.74) is 1.08. The lowest BCUT2D eigenvalue weighted by atomic mass is 10.1. The fourth-order valence-electron chi connectivity index (χ4n) is 1.68. The molecule has 0 heterocycles. The Balaban J connectivity index is 2.08. The van der Waals surface area contributed by atoms with E-state index in [1.165, 1.54) is 12.1 Å². The predicted molar refractivity (Wildman–Crippen MR) is 76.4 cm³/mol. The van der Waals surface area contributed by atoms with Crippen LogP contribution in [0.5, 0.6) is 0 Å². The van der Waals surface area contributed by atoms with Crippen LogP contribution < -0.4 is 5.32 Å². The van der Waals surface area contributed by atoms with Crippen LogP contribution in [0.3, 0.4) is 0 Å². The van der Waals surface area contributed by atoms with Gasteiger partial charge in [0.1, 0.15) is 5.82 Å². The molecule has 3 nitrogen and oxygen atoms in total. The number of amides is 1. The van der Waals surface area contributed by atoms with Crippen molar-refractivity contribution in [3.8, 4) is 6.07 Å². The van der Waals surface area contributed by atoms with Crippen LogP contribution in [0.2, 0.25) is 0 Å². The van der Waals surface area contributed by atoms with E-state index in [0.717, 1.165) is 6.07 Å². The van der Waals surface area contributed by atoms with Crippen molar-refractivity contribution in [2.24, 2.45) is 0 Å². The van der Waals surface area contributed by atoms with Crippen LogP contribution in [0, 0.1) is 17.1 Å². The second-order valence-electron chi connectivity index (χ2n) is 4.08. The minimum absolute atomic E-state index is 0.0672. The number of hydrogen-bond donors (Lipinski definition) is 1. The molecule has 2 aromatic rings. The standard InChI is InChI=1S/C15H10BrFN2O/c16-13-4-2-1-3-12(13)15(20)19-9-11-6-5-10(8-18)7-14(11)17/h1-7H,9H2,(H,19,20). The zero-order chi connectivity index (χ0) is 14.5. The van der Waals surface area contributed by atoms with Crippen LogP contribution in [-0.2, 0) is 6.54 Å². The molecule has 0 aromatic heterocycles. The Labute approximate surface area is 124 Å². The molecule has 0 bridgehead atoms. The normalized spacial score (nSPS) is 9.85. The first-order chi connectivity index (χ1) is 9.61. The molecule has 0 saturated carbocycles. The Morgan fingerprint density at radius 1 is 1.30 bits per heavy atom. The summed E-state index contributed by atoms with van der Waals surface area (Å²) in [5, 5.41) is 11.3. The molecule has 2 aromatic carbocycles. The average molecular weight is 333 g/mol. The maximum atomic E-state index is 13.7. The molecule has 0 atom stereocenters. The molecular weight excluding hydrogens is 323 g/mol. The van der Waals surface area contributed by atoms with Gasteiger partial charge in [-0.1, -0.05) is 18.2 Å². The minimum atomic E-state index is -0.503. The highest BCUT2D eigenvalue weighted by atomic mass is 79.9. The SMILES string of the molecule is N#Cc1ccc(CNC(=O)c2ccccc2Br)c(F)c1. The van der Waals surface area contributed by atoms with Gasteiger partial charge in [0.2, 0.25) is 0 Å². The molecule has 1 N–H and O–H groups in total. The van der Waals surface area contributed by atoms with E-state index >= 15 is 0 Å². The van der Waals surface area contributed by atoms with Gasteiger partial charge in [0.25, 0.3) is 5.91 Å². The molecule has 0 aliphatic heterocycles. The zero-order valence-corrected chi connectivity index (χ0v) is 11.9. The third kappa shape index (κ3) is 3.22. The number of nitriles is 1. The summed E-state index contributed by atoms with van der Waals surface area (Å²) in [6.07, 6.45) is 0. The van der Waals surface area contributed by atoms with E-state index in [1.807, 2.05) is 6.07 Å². The molecule has 0 aliphatic carbocycles. The van der Waals surface area contributed by atoms with Crippen molar-refractivity contribution < 1.29 is 9.18 Å². The number of benzene rings is 2. The van der Waals surface area contributed by atoms with Crippen molar-refractivity contribution in [3.05, 3.63) is 69.4 Å². The van der Waals surface area contributed by atoms with Crippen molar-refractivity contribution in [3.63, 3.8) is 0 Å². The molecule has 20 heavy (non-hydrogen) atoms. The molecule has 0 unspecified atom stereocenters. The largest absolute Gasteiger partial charge is 0.348 e. The third-order valence-corrected chi connectivity index (χ3v) is 3.43. The van der Waals surface area contributed by atoms with Gasteiger partial charge >= 0.3 is 0 Å². The Bertz CT molecular complexity index is 695. The van der Waals surface area contributed by atoms with Crippen LogP contribution >= 0.6 is 15.9 Å². The fraction of sp³-hybridized carbons (Fsp3) is 0.0667. The molecule has 0 fully saturated rings. The van der Waals surface area contributed by atoms with Crippen molar-refractivity contribution in [1.29, 1.82) is 5.26 Å². The number of halogens is 2. The van der Waals surface area contributed by atoms with Crippen LogP contribution in [-0.4, -0.2) is 5.91 Å². The first-order valence-electron chi connectivity index (χ1n) is 5.83. The average Bonchev–Trinajstić information content (AvgIpc) is 2.46. The second kappa shape index (κ2) is 6.31. The van der Waals surface area contributed by atoms with Gasteiger partial charge in [0.05, 0.1) is 17.2 Å². The van der Waals surface area contributed by atoms with Gasteiger partial charge in [-0.05, 0) is 40.2 Å². The second-order valence-corrected chi connectivity index (χ2v) is 4.93. The van der Waals surface area contributed by atoms with E-state index in [2.05, 4.69) is 21.2 Å². The molecule has 5 heteroatoms. The smallest absolute Gasteiger partial charge is 0.252 e. The van der Waals surface area contributed by atoms with E-state index in [1.54, 1.807) is 24.3 Å². The molecule has 0 radical (unpaired) electrons. The molecule has 1 amide bonds. The summed E-state index contributed by atoms with van der Waals surface area (Å²) in [6, 6.07) is 13.0. The molecule has 2 rings (SSSR count). The summed E-state index contributed by atoms with van der Waals surface area (Å²) < 4.78 is 14.3. The lowest BCUT2D eigenvalue weighted by Gasteiger charge is -2.07. The van der Waals surface area contributed by atoms with E-state index in [9.17, 15) is 9.18 Å². The van der Waals surface area contributed by atoms with E-state index in [4.69, 9.17) is 5.26 Å².